The summed E-state index contributed by atoms with van der Waals surface area (Å²) in [6.07, 6.45) is 9.19. The molecule has 0 amide bonds. The molecule has 0 radical (unpaired) electrons. The van der Waals surface area contributed by atoms with Crippen molar-refractivity contribution in [2.24, 2.45) is 35.0 Å². The van der Waals surface area contributed by atoms with E-state index < -0.39 is 5.60 Å². The highest BCUT2D eigenvalue weighted by Crippen LogP contribution is 2.64. The molecule has 1 nitrogen and oxygen atoms in total. The Labute approximate surface area is 125 Å². The van der Waals surface area contributed by atoms with E-state index in [1.807, 2.05) is 6.92 Å². The summed E-state index contributed by atoms with van der Waals surface area (Å²) in [4.78, 5) is 0. The van der Waals surface area contributed by atoms with Crippen LogP contribution in [0.1, 0.15) is 67.2 Å². The second-order valence-corrected chi connectivity index (χ2v) is 8.47. The number of allylic oxidation sites excluding steroid dienone is 1. The summed E-state index contributed by atoms with van der Waals surface area (Å²) in [7, 11) is 0. The maximum absolute atomic E-state index is 11.1. The van der Waals surface area contributed by atoms with E-state index in [-0.39, 0.29) is 0 Å². The highest BCUT2D eigenvalue weighted by atomic mass is 16.3. The third-order valence-electron chi connectivity index (χ3n) is 6.56. The molecule has 1 N–H and O–H groups in total. The largest absolute Gasteiger partial charge is 0.386 e. The molecule has 1 heteroatoms. The van der Waals surface area contributed by atoms with Gasteiger partial charge in [-0.3, -0.25) is 0 Å². The van der Waals surface area contributed by atoms with Gasteiger partial charge in [-0.1, -0.05) is 46.8 Å². The molecule has 0 aromatic carbocycles. The minimum atomic E-state index is -0.642. The van der Waals surface area contributed by atoms with E-state index in [2.05, 4.69) is 46.8 Å². The van der Waals surface area contributed by atoms with Gasteiger partial charge in [0, 0.05) is 0 Å². The van der Waals surface area contributed by atoms with Gasteiger partial charge in [0.2, 0.25) is 0 Å². The summed E-state index contributed by atoms with van der Waals surface area (Å²) < 4.78 is 0. The number of hydrogen-bond donors (Lipinski definition) is 1. The molecule has 6 atom stereocenters. The van der Waals surface area contributed by atoms with Crippen LogP contribution in [0.2, 0.25) is 0 Å². The van der Waals surface area contributed by atoms with Crippen LogP contribution in [0, 0.1) is 35.0 Å². The molecule has 2 saturated carbocycles. The Balaban J connectivity index is 2.18. The Morgan fingerprint density at radius 1 is 1.30 bits per heavy atom. The summed E-state index contributed by atoms with van der Waals surface area (Å²) in [6, 6.07) is 0. The lowest BCUT2D eigenvalue weighted by Gasteiger charge is -2.43. The molecule has 0 aliphatic heterocycles. The maximum Gasteiger partial charge on any atom is 0.0833 e. The van der Waals surface area contributed by atoms with Gasteiger partial charge in [-0.25, -0.2) is 0 Å². The van der Waals surface area contributed by atoms with E-state index >= 15 is 0 Å². The van der Waals surface area contributed by atoms with Gasteiger partial charge < -0.3 is 5.11 Å². The van der Waals surface area contributed by atoms with Crippen LogP contribution in [0.25, 0.3) is 0 Å². The molecule has 0 aromatic heterocycles. The SMILES string of the molecule is CC(C)C/C=C/[C@@](C)(O)[C@H]1CC[C@H]2C(C)CC(C)[C@@]21C. The highest BCUT2D eigenvalue weighted by molar-refractivity contribution is 5.14. The van der Waals surface area contributed by atoms with Crippen LogP contribution in [0.4, 0.5) is 0 Å². The van der Waals surface area contributed by atoms with Crippen molar-refractivity contribution in [3.8, 4) is 0 Å². The topological polar surface area (TPSA) is 20.2 Å². The van der Waals surface area contributed by atoms with E-state index in [0.29, 0.717) is 17.3 Å². The van der Waals surface area contributed by atoms with Gasteiger partial charge in [-0.15, -0.1) is 0 Å². The van der Waals surface area contributed by atoms with Crippen LogP contribution in [-0.2, 0) is 0 Å². The minimum Gasteiger partial charge on any atom is -0.386 e. The smallest absolute Gasteiger partial charge is 0.0833 e. The molecule has 0 aromatic rings. The van der Waals surface area contributed by atoms with Crippen LogP contribution < -0.4 is 0 Å². The predicted octanol–water partition coefficient (Wildman–Crippen LogP) is 5.05. The van der Waals surface area contributed by atoms with Crippen molar-refractivity contribution >= 4 is 0 Å². The molecular weight excluding hydrogens is 244 g/mol. The Morgan fingerprint density at radius 3 is 2.55 bits per heavy atom. The van der Waals surface area contributed by atoms with Crippen molar-refractivity contribution in [1.82, 2.24) is 0 Å². The number of hydrogen-bond acceptors (Lipinski definition) is 1. The summed E-state index contributed by atoms with van der Waals surface area (Å²) in [5.41, 5.74) is -0.318. The molecule has 0 heterocycles. The summed E-state index contributed by atoms with van der Waals surface area (Å²) in [5.74, 6) is 3.46. The Bertz CT molecular complexity index is 368. The van der Waals surface area contributed by atoms with Crippen LogP contribution in [0.15, 0.2) is 12.2 Å². The molecule has 2 aliphatic carbocycles. The monoisotopic (exact) mass is 278 g/mol. The standard InChI is InChI=1S/C19H34O/c1-13(2)8-7-11-18(5,20)17-10-9-16-14(3)12-15(4)19(16,17)6/h7,11,13-17,20H,8-10,12H2,1-6H3/b11-7+/t14?,15?,16-,17+,18+,19-/m0/s1. The second kappa shape index (κ2) is 5.48. The fourth-order valence-corrected chi connectivity index (χ4v) is 5.43. The van der Waals surface area contributed by atoms with Crippen molar-refractivity contribution in [2.45, 2.75) is 72.8 Å². The van der Waals surface area contributed by atoms with E-state index in [1.165, 1.54) is 19.3 Å². The van der Waals surface area contributed by atoms with Crippen molar-refractivity contribution in [1.29, 1.82) is 0 Å². The minimum absolute atomic E-state index is 0.324. The first-order valence-electron chi connectivity index (χ1n) is 8.59. The van der Waals surface area contributed by atoms with Crippen molar-refractivity contribution < 1.29 is 5.11 Å². The van der Waals surface area contributed by atoms with E-state index in [9.17, 15) is 5.11 Å². The van der Waals surface area contributed by atoms with E-state index in [0.717, 1.165) is 24.2 Å². The van der Waals surface area contributed by atoms with Gasteiger partial charge >= 0.3 is 0 Å². The molecule has 116 valence electrons. The number of rotatable bonds is 4. The molecule has 0 spiro atoms. The van der Waals surface area contributed by atoms with Crippen molar-refractivity contribution in [3.63, 3.8) is 0 Å². The molecule has 2 rings (SSSR count). The Kier molecular flexibility index (Phi) is 4.40. The average molecular weight is 278 g/mol. The normalized spacial score (nSPS) is 44.2. The third-order valence-corrected chi connectivity index (χ3v) is 6.56. The zero-order chi connectivity index (χ0) is 15.1. The van der Waals surface area contributed by atoms with Gasteiger partial charge in [-0.2, -0.15) is 0 Å². The van der Waals surface area contributed by atoms with Crippen molar-refractivity contribution in [2.75, 3.05) is 0 Å². The van der Waals surface area contributed by atoms with E-state index in [1.54, 1.807) is 0 Å². The molecule has 2 aliphatic rings. The molecule has 2 unspecified atom stereocenters. The first kappa shape index (κ1) is 16.1. The maximum atomic E-state index is 11.1. The van der Waals surface area contributed by atoms with Gasteiger partial charge in [0.1, 0.15) is 0 Å². The zero-order valence-electron chi connectivity index (χ0n) is 14.3. The van der Waals surface area contributed by atoms with Crippen LogP contribution >= 0.6 is 0 Å². The van der Waals surface area contributed by atoms with Gasteiger partial charge in [0.15, 0.2) is 0 Å². The molecule has 0 bridgehead atoms. The average Bonchev–Trinajstić information content (AvgIpc) is 2.76. The fourth-order valence-electron chi connectivity index (χ4n) is 5.43. The third kappa shape index (κ3) is 2.58. The highest BCUT2D eigenvalue weighted by Gasteiger charge is 2.59. The number of fused-ring (bicyclic) bond motifs is 1. The summed E-state index contributed by atoms with van der Waals surface area (Å²) in [5, 5.41) is 11.1. The van der Waals surface area contributed by atoms with Gasteiger partial charge in [0.05, 0.1) is 5.60 Å². The molecular formula is C19H34O. The quantitative estimate of drug-likeness (QED) is 0.714. The molecule has 0 saturated heterocycles. The Morgan fingerprint density at radius 2 is 1.95 bits per heavy atom. The lowest BCUT2D eigenvalue weighted by molar-refractivity contribution is -0.0298. The summed E-state index contributed by atoms with van der Waals surface area (Å²) >= 11 is 0. The van der Waals surface area contributed by atoms with Gasteiger partial charge in [-0.05, 0) is 67.6 Å². The Hall–Kier alpha value is -0.300. The second-order valence-electron chi connectivity index (χ2n) is 8.47. The number of aliphatic hydroxyl groups is 1. The fraction of sp³-hybridized carbons (Fsp3) is 0.895. The predicted molar refractivity (Wildman–Crippen MR) is 86.5 cm³/mol. The van der Waals surface area contributed by atoms with Crippen molar-refractivity contribution in [3.05, 3.63) is 12.2 Å². The van der Waals surface area contributed by atoms with Crippen LogP contribution in [0.3, 0.4) is 0 Å². The molecule has 20 heavy (non-hydrogen) atoms. The lowest BCUT2D eigenvalue weighted by atomic mass is 9.64. The summed E-state index contributed by atoms with van der Waals surface area (Å²) in [6.45, 7) is 13.8. The zero-order valence-corrected chi connectivity index (χ0v) is 14.3. The van der Waals surface area contributed by atoms with Crippen LogP contribution in [-0.4, -0.2) is 10.7 Å². The first-order chi connectivity index (χ1) is 9.19. The lowest BCUT2D eigenvalue weighted by Crippen LogP contribution is -2.43. The first-order valence-corrected chi connectivity index (χ1v) is 8.59. The molecule has 2 fully saturated rings. The van der Waals surface area contributed by atoms with Gasteiger partial charge in [0.25, 0.3) is 0 Å². The van der Waals surface area contributed by atoms with E-state index in [4.69, 9.17) is 0 Å². The van der Waals surface area contributed by atoms with Crippen LogP contribution in [0.5, 0.6) is 0 Å².